The van der Waals surface area contributed by atoms with Crippen LogP contribution in [-0.4, -0.2) is 69.1 Å². The van der Waals surface area contributed by atoms with Crippen LogP contribution in [0.5, 0.6) is 11.6 Å². The number of carbonyl (C=O) groups excluding carboxylic acids is 3. The van der Waals surface area contributed by atoms with Gasteiger partial charge in [-0.05, 0) is 60.6 Å². The number of rotatable bonds is 6. The molecular weight excluding hydrogens is 597 g/mol. The average molecular weight is 634 g/mol. The molecule has 0 spiro atoms. The molecule has 0 saturated heterocycles. The fourth-order valence-electron chi connectivity index (χ4n) is 6.92. The van der Waals surface area contributed by atoms with Crippen LogP contribution < -0.4 is 10.1 Å². The summed E-state index contributed by atoms with van der Waals surface area (Å²) < 4.78 is 26.8. The molecule has 3 aliphatic carbocycles. The van der Waals surface area contributed by atoms with Crippen molar-refractivity contribution in [3.63, 3.8) is 0 Å². The molecule has 0 bridgehead atoms. The second-order valence-corrected chi connectivity index (χ2v) is 13.7. The number of amides is 1. The van der Waals surface area contributed by atoms with E-state index < -0.39 is 63.8 Å². The van der Waals surface area contributed by atoms with E-state index in [2.05, 4.69) is 10.5 Å². The largest absolute Gasteiger partial charge is 0.508 e. The molecule has 6 rings (SSSR count). The summed E-state index contributed by atoms with van der Waals surface area (Å²) in [5.41, 5.74) is -3.43. The molecule has 0 unspecified atom stereocenters. The number of ether oxygens (including phenoxy) is 1. The van der Waals surface area contributed by atoms with Crippen LogP contribution in [0.4, 0.5) is 4.39 Å². The third-order valence-corrected chi connectivity index (χ3v) is 9.06. The van der Waals surface area contributed by atoms with E-state index in [-0.39, 0.29) is 65.3 Å². The van der Waals surface area contributed by atoms with Crippen LogP contribution in [0, 0.1) is 23.1 Å². The Morgan fingerprint density at radius 3 is 2.52 bits per heavy atom. The highest BCUT2D eigenvalue weighted by Gasteiger charge is 2.64. The van der Waals surface area contributed by atoms with E-state index in [9.17, 15) is 29.7 Å². The first kappa shape index (κ1) is 31.4. The number of hydrogen-bond donors (Lipinski definition) is 4. The normalized spacial score (nSPS) is 23.9. The van der Waals surface area contributed by atoms with Gasteiger partial charge in [0.25, 0.3) is 11.8 Å². The number of aromatic nitrogens is 1. The van der Waals surface area contributed by atoms with Crippen molar-refractivity contribution in [3.8, 4) is 11.6 Å². The Kier molecular flexibility index (Phi) is 7.56. The molecule has 1 heterocycles. The van der Waals surface area contributed by atoms with Crippen molar-refractivity contribution in [3.05, 3.63) is 87.1 Å². The molecular formula is C34H36FN3O8. The number of aliphatic hydroxyl groups excluding tert-OH is 1. The number of allylic oxidation sites excluding steroid dienone is 1. The van der Waals surface area contributed by atoms with Crippen molar-refractivity contribution in [1.29, 1.82) is 0 Å². The molecule has 1 amide bonds. The van der Waals surface area contributed by atoms with Gasteiger partial charge < -0.3 is 29.9 Å². The van der Waals surface area contributed by atoms with Gasteiger partial charge in [0.1, 0.15) is 35.1 Å². The number of nitrogens with zero attached hydrogens (tertiary/aromatic N) is 2. The number of phenols is 1. The molecule has 0 aliphatic heterocycles. The lowest BCUT2D eigenvalue weighted by molar-refractivity contribution is -0.0559. The number of fused-ring (bicyclic) bond motifs is 4. The number of halogens is 1. The summed E-state index contributed by atoms with van der Waals surface area (Å²) in [6.07, 6.45) is 0.0384. The molecule has 242 valence electrons. The van der Waals surface area contributed by atoms with Crippen molar-refractivity contribution in [1.82, 2.24) is 15.4 Å². The average Bonchev–Trinajstić information content (AvgIpc) is 3.40. The highest BCUT2D eigenvalue weighted by atomic mass is 19.1. The fraction of sp³-hybridized carbons (Fsp3) is 0.412. The summed E-state index contributed by atoms with van der Waals surface area (Å²) in [5, 5.41) is 41.6. The second-order valence-electron chi connectivity index (χ2n) is 13.7. The Morgan fingerprint density at radius 1 is 1.17 bits per heavy atom. The summed E-state index contributed by atoms with van der Waals surface area (Å²) in [6, 6.07) is 9.43. The molecule has 2 aromatic carbocycles. The van der Waals surface area contributed by atoms with Gasteiger partial charge in [-0.15, -0.1) is 0 Å². The lowest BCUT2D eigenvalue weighted by Crippen LogP contribution is -2.59. The minimum absolute atomic E-state index is 0.00442. The number of benzene rings is 2. The molecule has 3 aromatic rings. The molecule has 46 heavy (non-hydrogen) atoms. The van der Waals surface area contributed by atoms with E-state index >= 15 is 4.39 Å². The van der Waals surface area contributed by atoms with Crippen LogP contribution in [0.25, 0.3) is 0 Å². The van der Waals surface area contributed by atoms with Gasteiger partial charge >= 0.3 is 0 Å². The first-order chi connectivity index (χ1) is 21.6. The number of aliphatic hydroxyl groups is 2. The zero-order valence-corrected chi connectivity index (χ0v) is 26.2. The maximum atomic E-state index is 15.3. The zero-order valence-electron chi connectivity index (χ0n) is 26.2. The third kappa shape index (κ3) is 4.87. The molecule has 0 radical (unpaired) electrons. The monoisotopic (exact) mass is 633 g/mol. The summed E-state index contributed by atoms with van der Waals surface area (Å²) >= 11 is 0. The smallest absolute Gasteiger partial charge is 0.265 e. The van der Waals surface area contributed by atoms with Gasteiger partial charge in [-0.3, -0.25) is 19.3 Å². The SMILES string of the molecule is CN(C)[C@@H]1c2onc(OCc3ccccc3)c2C(=O)[C@@]2(O)C(O)=C3C(=O)c4c(cc(F)c(C(=O)NCC(C)(C)C)c4O)C[C@H]3C[C@@H]12. The van der Waals surface area contributed by atoms with Crippen LogP contribution in [0.3, 0.4) is 0 Å². The Labute approximate surface area is 264 Å². The van der Waals surface area contributed by atoms with E-state index in [0.29, 0.717) is 0 Å². The Hall–Kier alpha value is -4.55. The lowest BCUT2D eigenvalue weighted by Gasteiger charge is -2.49. The predicted molar refractivity (Wildman–Crippen MR) is 162 cm³/mol. The van der Waals surface area contributed by atoms with E-state index in [1.807, 2.05) is 51.1 Å². The quantitative estimate of drug-likeness (QED) is 0.308. The van der Waals surface area contributed by atoms with Crippen molar-refractivity contribution in [2.75, 3.05) is 20.6 Å². The number of carbonyl (C=O) groups is 3. The van der Waals surface area contributed by atoms with E-state index in [4.69, 9.17) is 9.26 Å². The summed E-state index contributed by atoms with van der Waals surface area (Å²) in [7, 11) is 3.43. The van der Waals surface area contributed by atoms with Gasteiger partial charge in [0.05, 0.1) is 11.6 Å². The number of aromatic hydroxyl groups is 1. The molecule has 0 fully saturated rings. The van der Waals surface area contributed by atoms with Gasteiger partial charge in [-0.1, -0.05) is 51.1 Å². The van der Waals surface area contributed by atoms with Crippen LogP contribution in [0.2, 0.25) is 0 Å². The molecule has 4 atom stereocenters. The number of hydrogen-bond acceptors (Lipinski definition) is 10. The molecule has 1 aromatic heterocycles. The topological polar surface area (TPSA) is 162 Å². The van der Waals surface area contributed by atoms with Gasteiger partial charge in [0.2, 0.25) is 5.78 Å². The fourth-order valence-corrected chi connectivity index (χ4v) is 6.92. The highest BCUT2D eigenvalue weighted by Crippen LogP contribution is 2.56. The maximum absolute atomic E-state index is 15.3. The molecule has 12 heteroatoms. The van der Waals surface area contributed by atoms with Crippen LogP contribution in [0.15, 0.2) is 52.3 Å². The van der Waals surface area contributed by atoms with Crippen LogP contribution in [0.1, 0.15) is 81.2 Å². The van der Waals surface area contributed by atoms with E-state index in [0.717, 1.165) is 11.6 Å². The molecule has 3 aliphatic rings. The number of nitrogens with one attached hydrogen (secondary N) is 1. The van der Waals surface area contributed by atoms with Crippen molar-refractivity contribution in [2.24, 2.45) is 17.3 Å². The first-order valence-corrected chi connectivity index (χ1v) is 15.1. The van der Waals surface area contributed by atoms with E-state index in [1.54, 1.807) is 19.0 Å². The third-order valence-electron chi connectivity index (χ3n) is 9.06. The summed E-state index contributed by atoms with van der Waals surface area (Å²) in [6.45, 7) is 5.82. The van der Waals surface area contributed by atoms with Gasteiger partial charge in [0.15, 0.2) is 17.1 Å². The van der Waals surface area contributed by atoms with Crippen molar-refractivity contribution >= 4 is 17.5 Å². The Bertz CT molecular complexity index is 1790. The van der Waals surface area contributed by atoms with Crippen LogP contribution >= 0.6 is 0 Å². The zero-order chi connectivity index (χ0) is 33.3. The number of Topliss-reactive ketones (excluding diaryl/α,β-unsaturated/α-hetero) is 2. The number of ketones is 2. The van der Waals surface area contributed by atoms with E-state index in [1.165, 1.54) is 0 Å². The lowest BCUT2D eigenvalue weighted by atomic mass is 9.58. The van der Waals surface area contributed by atoms with Crippen LogP contribution in [-0.2, 0) is 13.0 Å². The second kappa shape index (κ2) is 11.1. The Balaban J connectivity index is 1.42. The summed E-state index contributed by atoms with van der Waals surface area (Å²) in [5.74, 6) is -7.19. The minimum Gasteiger partial charge on any atom is -0.508 e. The van der Waals surface area contributed by atoms with Crippen molar-refractivity contribution in [2.45, 2.75) is 51.9 Å². The van der Waals surface area contributed by atoms with Gasteiger partial charge in [0, 0.05) is 18.0 Å². The Morgan fingerprint density at radius 2 is 1.87 bits per heavy atom. The minimum atomic E-state index is -2.57. The highest BCUT2D eigenvalue weighted by molar-refractivity contribution is 6.17. The molecule has 11 nitrogen and oxygen atoms in total. The predicted octanol–water partition coefficient (Wildman–Crippen LogP) is 4.29. The first-order valence-electron chi connectivity index (χ1n) is 15.1. The summed E-state index contributed by atoms with van der Waals surface area (Å²) in [4.78, 5) is 42.8. The van der Waals surface area contributed by atoms with Crippen molar-refractivity contribution < 1.29 is 43.4 Å². The number of phenolic OH excluding ortho intramolecular Hbond substituents is 1. The van der Waals surface area contributed by atoms with Gasteiger partial charge in [-0.25, -0.2) is 4.39 Å². The molecule has 4 N–H and O–H groups in total. The standard InChI is InChI=1S/C34H36FN3O8/c1-33(2,3)15-36-31(43)23-20(35)13-18-11-17-12-19-25(38(4)5)28-24(32(37-46-28)45-14-16-9-7-6-8-10-16)30(42)34(19,44)29(41)22(17)26(39)21(18)27(23)40/h6-10,13,17,19,25,40-41,44H,11-12,14-15H2,1-5H3,(H,36,43)/t17-,19-,25-,34-/m0/s1. The molecule has 0 saturated carbocycles. The van der Waals surface area contributed by atoms with Gasteiger partial charge in [-0.2, -0.15) is 0 Å². The maximum Gasteiger partial charge on any atom is 0.265 e.